The van der Waals surface area contributed by atoms with Crippen LogP contribution in [-0.2, 0) is 18.8 Å². The van der Waals surface area contributed by atoms with Gasteiger partial charge in [0, 0.05) is 13.2 Å². The first-order valence-electron chi connectivity index (χ1n) is 11.1. The van der Waals surface area contributed by atoms with Crippen LogP contribution >= 0.6 is 0 Å². The van der Waals surface area contributed by atoms with Crippen molar-refractivity contribution in [1.82, 2.24) is 0 Å². The number of hydrogen-bond acceptors (Lipinski definition) is 5. The van der Waals surface area contributed by atoms with Gasteiger partial charge in [-0.1, -0.05) is 30.3 Å². The second kappa shape index (κ2) is 9.74. The molecular weight excluding hydrogens is 391 g/mol. The van der Waals surface area contributed by atoms with Gasteiger partial charge in [0.05, 0.1) is 11.2 Å². The van der Waals surface area contributed by atoms with E-state index in [1.807, 2.05) is 26.0 Å². The van der Waals surface area contributed by atoms with Crippen molar-refractivity contribution in [3.8, 4) is 16.9 Å². The number of hydrogen-bond donors (Lipinski definition) is 0. The van der Waals surface area contributed by atoms with E-state index in [4.69, 9.17) is 23.5 Å². The highest BCUT2D eigenvalue weighted by Crippen LogP contribution is 2.37. The Morgan fingerprint density at radius 1 is 0.871 bits per heavy atom. The minimum Gasteiger partial charge on any atom is -0.488 e. The zero-order valence-corrected chi connectivity index (χ0v) is 19.9. The molecule has 0 saturated carbocycles. The summed E-state index contributed by atoms with van der Waals surface area (Å²) >= 11 is 0. The highest BCUT2D eigenvalue weighted by Gasteiger charge is 2.52. The Hall–Kier alpha value is -1.86. The molecule has 0 N–H and O–H groups in total. The molecule has 1 saturated heterocycles. The van der Waals surface area contributed by atoms with Crippen LogP contribution in [0, 0.1) is 6.92 Å². The van der Waals surface area contributed by atoms with Gasteiger partial charge < -0.3 is 23.5 Å². The van der Waals surface area contributed by atoms with Crippen LogP contribution in [0.3, 0.4) is 0 Å². The van der Waals surface area contributed by atoms with E-state index < -0.39 is 0 Å². The molecule has 5 nitrogen and oxygen atoms in total. The highest BCUT2D eigenvalue weighted by molar-refractivity contribution is 6.62. The van der Waals surface area contributed by atoms with Crippen LogP contribution in [0.25, 0.3) is 11.1 Å². The van der Waals surface area contributed by atoms with E-state index in [1.54, 1.807) is 0 Å². The van der Waals surface area contributed by atoms with Crippen molar-refractivity contribution in [2.75, 3.05) is 19.8 Å². The van der Waals surface area contributed by atoms with Gasteiger partial charge in [-0.15, -0.1) is 0 Å². The second-order valence-electron chi connectivity index (χ2n) is 8.78. The summed E-state index contributed by atoms with van der Waals surface area (Å²) in [5.41, 5.74) is 3.77. The minimum atomic E-state index is -0.373. The third-order valence-electron chi connectivity index (χ3n) is 6.14. The van der Waals surface area contributed by atoms with Gasteiger partial charge in [0.25, 0.3) is 0 Å². The monoisotopic (exact) mass is 426 g/mol. The van der Waals surface area contributed by atoms with Crippen LogP contribution in [0.1, 0.15) is 47.1 Å². The molecule has 0 radical (unpaired) electrons. The average Bonchev–Trinajstić information content (AvgIpc) is 2.94. The number of benzene rings is 2. The average molecular weight is 426 g/mol. The van der Waals surface area contributed by atoms with Gasteiger partial charge in [-0.25, -0.2) is 0 Å². The molecule has 31 heavy (non-hydrogen) atoms. The molecule has 1 heterocycles. The molecule has 3 rings (SSSR count). The molecule has 0 spiro atoms. The lowest BCUT2D eigenvalue weighted by molar-refractivity contribution is -0.152. The zero-order valence-electron chi connectivity index (χ0n) is 19.9. The van der Waals surface area contributed by atoms with E-state index in [-0.39, 0.29) is 24.6 Å². The van der Waals surface area contributed by atoms with E-state index in [0.717, 1.165) is 27.9 Å². The summed E-state index contributed by atoms with van der Waals surface area (Å²) in [5, 5.41) is 0. The van der Waals surface area contributed by atoms with Crippen molar-refractivity contribution in [2.45, 2.75) is 66.0 Å². The third-order valence-corrected chi connectivity index (χ3v) is 6.14. The quantitative estimate of drug-likeness (QED) is 0.428. The van der Waals surface area contributed by atoms with E-state index >= 15 is 0 Å². The van der Waals surface area contributed by atoms with Crippen LogP contribution < -0.4 is 10.2 Å². The first-order valence-corrected chi connectivity index (χ1v) is 11.1. The Morgan fingerprint density at radius 2 is 1.45 bits per heavy atom. The summed E-state index contributed by atoms with van der Waals surface area (Å²) in [6, 6.07) is 14.4. The van der Waals surface area contributed by atoms with Crippen molar-refractivity contribution >= 4 is 12.6 Å². The molecular formula is C25H35BO5. The first-order chi connectivity index (χ1) is 14.7. The fraction of sp³-hybridized carbons (Fsp3) is 0.520. The Morgan fingerprint density at radius 3 is 2.00 bits per heavy atom. The Balaban J connectivity index is 1.75. The van der Waals surface area contributed by atoms with E-state index in [9.17, 15) is 0 Å². The summed E-state index contributed by atoms with van der Waals surface area (Å²) < 4.78 is 29.5. The molecule has 0 aliphatic carbocycles. The number of rotatable bonds is 9. The van der Waals surface area contributed by atoms with Gasteiger partial charge in [0.2, 0.25) is 0 Å². The zero-order chi connectivity index (χ0) is 22.6. The Bertz CT molecular complexity index is 841. The van der Waals surface area contributed by atoms with E-state index in [0.29, 0.717) is 19.8 Å². The van der Waals surface area contributed by atoms with Crippen molar-refractivity contribution in [1.29, 1.82) is 0 Å². The van der Waals surface area contributed by atoms with Crippen molar-refractivity contribution in [3.63, 3.8) is 0 Å². The molecule has 0 aromatic heterocycles. The van der Waals surface area contributed by atoms with Crippen molar-refractivity contribution in [3.05, 3.63) is 48.0 Å². The smallest absolute Gasteiger partial charge is 0.488 e. The van der Waals surface area contributed by atoms with Gasteiger partial charge in [0.15, 0.2) is 6.29 Å². The van der Waals surface area contributed by atoms with Crippen molar-refractivity contribution < 1.29 is 23.5 Å². The SMILES string of the molecule is CCOC(COc1ccc(-c2cccc(B3OC(C)(C)C(C)(C)O3)c2C)cc1)OCC. The molecule has 168 valence electrons. The lowest BCUT2D eigenvalue weighted by atomic mass is 9.74. The maximum atomic E-state index is 6.27. The largest absolute Gasteiger partial charge is 0.495 e. The molecule has 2 aromatic rings. The molecule has 0 amide bonds. The topological polar surface area (TPSA) is 46.2 Å². The molecule has 6 heteroatoms. The maximum absolute atomic E-state index is 6.27. The fourth-order valence-electron chi connectivity index (χ4n) is 3.60. The molecule has 1 fully saturated rings. The van der Waals surface area contributed by atoms with Gasteiger partial charge >= 0.3 is 7.12 Å². The molecule has 1 aliphatic rings. The minimum absolute atomic E-state index is 0.353. The van der Waals surface area contributed by atoms with Gasteiger partial charge in [0.1, 0.15) is 12.4 Å². The summed E-state index contributed by atoms with van der Waals surface area (Å²) in [7, 11) is -0.373. The summed E-state index contributed by atoms with van der Waals surface area (Å²) in [6.45, 7) is 15.9. The molecule has 0 atom stereocenters. The van der Waals surface area contributed by atoms with Gasteiger partial charge in [-0.05, 0) is 82.8 Å². The lowest BCUT2D eigenvalue weighted by Crippen LogP contribution is -2.41. The van der Waals surface area contributed by atoms with E-state index in [1.165, 1.54) is 0 Å². The predicted molar refractivity (Wildman–Crippen MR) is 125 cm³/mol. The molecule has 1 aliphatic heterocycles. The van der Waals surface area contributed by atoms with Crippen molar-refractivity contribution in [2.24, 2.45) is 0 Å². The highest BCUT2D eigenvalue weighted by atomic mass is 16.7. The predicted octanol–water partition coefficient (Wildman–Crippen LogP) is 4.74. The van der Waals surface area contributed by atoms with Crippen LogP contribution in [-0.4, -0.2) is 44.4 Å². The Kier molecular flexibility index (Phi) is 7.48. The Labute approximate surface area is 187 Å². The normalized spacial score (nSPS) is 17.4. The first kappa shape index (κ1) is 23.8. The van der Waals surface area contributed by atoms with Gasteiger partial charge in [-0.3, -0.25) is 0 Å². The molecule has 2 aromatic carbocycles. The van der Waals surface area contributed by atoms with E-state index in [2.05, 4.69) is 65.0 Å². The summed E-state index contributed by atoms with van der Waals surface area (Å²) in [5.74, 6) is 0.785. The maximum Gasteiger partial charge on any atom is 0.495 e. The standard InChI is InChI=1S/C25H35BO5/c1-8-27-23(28-9-2)17-29-20-15-13-19(14-16-20)21-11-10-12-22(18(21)3)26-30-24(4,5)25(6,7)31-26/h10-16,23H,8-9,17H2,1-7H3. The fourth-order valence-corrected chi connectivity index (χ4v) is 3.60. The van der Waals surface area contributed by atoms with Gasteiger partial charge in [-0.2, -0.15) is 0 Å². The molecule has 0 unspecified atom stereocenters. The van der Waals surface area contributed by atoms with Crippen LogP contribution in [0.2, 0.25) is 0 Å². The molecule has 0 bridgehead atoms. The number of ether oxygens (including phenoxy) is 3. The van der Waals surface area contributed by atoms with Crippen LogP contribution in [0.15, 0.2) is 42.5 Å². The summed E-state index contributed by atoms with van der Waals surface area (Å²) in [4.78, 5) is 0. The lowest BCUT2D eigenvalue weighted by Gasteiger charge is -2.32. The van der Waals surface area contributed by atoms with Crippen LogP contribution in [0.5, 0.6) is 5.75 Å². The summed E-state index contributed by atoms with van der Waals surface area (Å²) in [6.07, 6.45) is -0.353. The second-order valence-corrected chi connectivity index (χ2v) is 8.78. The third kappa shape index (κ3) is 5.32. The van der Waals surface area contributed by atoms with Crippen LogP contribution in [0.4, 0.5) is 0 Å².